The largest absolute Gasteiger partial charge is 0.466 e. The van der Waals surface area contributed by atoms with Crippen molar-refractivity contribution in [2.45, 2.75) is 32.2 Å². The van der Waals surface area contributed by atoms with Crippen LogP contribution in [0.3, 0.4) is 0 Å². The van der Waals surface area contributed by atoms with E-state index in [1.807, 2.05) is 56.0 Å². The number of carbonyl (C=O) groups excluding carboxylic acids is 2. The predicted molar refractivity (Wildman–Crippen MR) is 91.0 cm³/mol. The zero-order valence-electron chi connectivity index (χ0n) is 14.7. The summed E-state index contributed by atoms with van der Waals surface area (Å²) in [5, 5.41) is 0. The van der Waals surface area contributed by atoms with Gasteiger partial charge in [-0.2, -0.15) is 0 Å². The number of ether oxygens (including phenoxy) is 2. The summed E-state index contributed by atoms with van der Waals surface area (Å²) in [6.07, 6.45) is 3.49. The minimum atomic E-state index is -0.523. The van der Waals surface area contributed by atoms with Gasteiger partial charge in [-0.05, 0) is 26.3 Å². The standard InChI is InChI=1S/C19H23NO4/c1-19(2,3)20-11-14(17(21)23-4)16(13-9-7-6-8-10-13)15(12-20)18(22)24-5/h6-12,16H,1-5H3. The van der Waals surface area contributed by atoms with Gasteiger partial charge in [0.25, 0.3) is 0 Å². The van der Waals surface area contributed by atoms with Crippen LogP contribution in [0.5, 0.6) is 0 Å². The molecule has 5 heteroatoms. The van der Waals surface area contributed by atoms with Crippen LogP contribution in [-0.4, -0.2) is 36.6 Å². The van der Waals surface area contributed by atoms with Crippen LogP contribution in [0, 0.1) is 0 Å². The van der Waals surface area contributed by atoms with E-state index in [4.69, 9.17) is 9.47 Å². The first-order chi connectivity index (χ1) is 11.3. The van der Waals surface area contributed by atoms with Gasteiger partial charge in [-0.15, -0.1) is 0 Å². The Morgan fingerprint density at radius 3 is 1.75 bits per heavy atom. The fraction of sp³-hybridized carbons (Fsp3) is 0.368. The molecule has 1 aromatic carbocycles. The summed E-state index contributed by atoms with van der Waals surface area (Å²) >= 11 is 0. The van der Waals surface area contributed by atoms with Gasteiger partial charge in [0.15, 0.2) is 0 Å². The van der Waals surface area contributed by atoms with Crippen molar-refractivity contribution in [2.75, 3.05) is 14.2 Å². The number of hydrogen-bond acceptors (Lipinski definition) is 5. The summed E-state index contributed by atoms with van der Waals surface area (Å²) in [4.78, 5) is 26.6. The molecule has 0 bridgehead atoms. The lowest BCUT2D eigenvalue weighted by atomic mass is 9.82. The van der Waals surface area contributed by atoms with Crippen LogP contribution in [0.25, 0.3) is 0 Å². The Morgan fingerprint density at radius 1 is 0.917 bits per heavy atom. The summed E-state index contributed by atoms with van der Waals surface area (Å²) in [5.74, 6) is -1.45. The molecule has 0 saturated heterocycles. The van der Waals surface area contributed by atoms with Crippen LogP contribution in [0.2, 0.25) is 0 Å². The second-order valence-corrected chi connectivity index (χ2v) is 6.57. The third-order valence-electron chi connectivity index (χ3n) is 3.93. The van der Waals surface area contributed by atoms with Gasteiger partial charge >= 0.3 is 11.9 Å². The van der Waals surface area contributed by atoms with Crippen LogP contribution < -0.4 is 0 Å². The van der Waals surface area contributed by atoms with Gasteiger partial charge in [0.05, 0.1) is 31.3 Å². The number of esters is 2. The SMILES string of the molecule is COC(=O)C1=CN(C(C)(C)C)C=C(C(=O)OC)C1c1ccccc1. The molecule has 0 radical (unpaired) electrons. The van der Waals surface area contributed by atoms with E-state index in [-0.39, 0.29) is 5.54 Å². The summed E-state index contributed by atoms with van der Waals surface area (Å²) in [7, 11) is 2.67. The quantitative estimate of drug-likeness (QED) is 0.798. The van der Waals surface area contributed by atoms with Gasteiger partial charge in [0.2, 0.25) is 0 Å². The minimum absolute atomic E-state index is 0.305. The van der Waals surface area contributed by atoms with E-state index in [9.17, 15) is 9.59 Å². The molecule has 1 heterocycles. The van der Waals surface area contributed by atoms with Gasteiger partial charge in [-0.3, -0.25) is 0 Å². The molecule has 0 N–H and O–H groups in total. The average molecular weight is 329 g/mol. The highest BCUT2D eigenvalue weighted by Gasteiger charge is 2.37. The van der Waals surface area contributed by atoms with Gasteiger partial charge in [-0.25, -0.2) is 9.59 Å². The zero-order valence-corrected chi connectivity index (χ0v) is 14.7. The van der Waals surface area contributed by atoms with Crippen LogP contribution in [0.4, 0.5) is 0 Å². The summed E-state index contributed by atoms with van der Waals surface area (Å²) in [6.45, 7) is 5.98. The van der Waals surface area contributed by atoms with E-state index in [2.05, 4.69) is 0 Å². The Balaban J connectivity index is 2.64. The molecular weight excluding hydrogens is 306 g/mol. The van der Waals surface area contributed by atoms with Gasteiger partial charge in [-0.1, -0.05) is 30.3 Å². The van der Waals surface area contributed by atoms with E-state index in [0.29, 0.717) is 11.1 Å². The molecule has 1 aromatic rings. The molecule has 0 amide bonds. The third-order valence-corrected chi connectivity index (χ3v) is 3.93. The second-order valence-electron chi connectivity index (χ2n) is 6.57. The Labute approximate surface area is 142 Å². The molecule has 0 spiro atoms. The Morgan fingerprint density at radius 2 is 1.38 bits per heavy atom. The first-order valence-electron chi connectivity index (χ1n) is 7.73. The molecule has 5 nitrogen and oxygen atoms in total. The Hall–Kier alpha value is -2.56. The molecule has 0 aliphatic carbocycles. The first kappa shape index (κ1) is 17.8. The molecule has 1 aliphatic rings. The third kappa shape index (κ3) is 3.50. The Kier molecular flexibility index (Phi) is 5.12. The lowest BCUT2D eigenvalue weighted by Gasteiger charge is -2.37. The molecule has 2 rings (SSSR count). The van der Waals surface area contributed by atoms with Crippen LogP contribution in [-0.2, 0) is 19.1 Å². The molecule has 24 heavy (non-hydrogen) atoms. The highest BCUT2D eigenvalue weighted by molar-refractivity contribution is 5.98. The maximum atomic E-state index is 12.4. The number of carbonyl (C=O) groups is 2. The van der Waals surface area contributed by atoms with Gasteiger partial charge < -0.3 is 14.4 Å². The van der Waals surface area contributed by atoms with Crippen molar-refractivity contribution in [1.82, 2.24) is 4.90 Å². The predicted octanol–water partition coefficient (Wildman–Crippen LogP) is 3.00. The van der Waals surface area contributed by atoms with Crippen molar-refractivity contribution in [1.29, 1.82) is 0 Å². The number of rotatable bonds is 3. The molecule has 0 fully saturated rings. The molecule has 0 atom stereocenters. The monoisotopic (exact) mass is 329 g/mol. The van der Waals surface area contributed by atoms with Crippen molar-refractivity contribution in [3.05, 3.63) is 59.4 Å². The molecule has 0 unspecified atom stereocenters. The van der Waals surface area contributed by atoms with E-state index in [1.165, 1.54) is 14.2 Å². The van der Waals surface area contributed by atoms with E-state index >= 15 is 0 Å². The lowest BCUT2D eigenvalue weighted by Crippen LogP contribution is -2.38. The summed E-state index contributed by atoms with van der Waals surface area (Å²) < 4.78 is 9.90. The second kappa shape index (κ2) is 6.91. The van der Waals surface area contributed by atoms with Crippen molar-refractivity contribution >= 4 is 11.9 Å². The molecule has 128 valence electrons. The maximum Gasteiger partial charge on any atom is 0.336 e. The van der Waals surface area contributed by atoms with Crippen LogP contribution in [0.1, 0.15) is 32.3 Å². The first-order valence-corrected chi connectivity index (χ1v) is 7.73. The van der Waals surface area contributed by atoms with E-state index in [1.54, 1.807) is 12.4 Å². The molecule has 1 aliphatic heterocycles. The highest BCUT2D eigenvalue weighted by Crippen LogP contribution is 2.38. The summed E-state index contributed by atoms with van der Waals surface area (Å²) in [5.41, 5.74) is 1.34. The smallest absolute Gasteiger partial charge is 0.336 e. The average Bonchev–Trinajstić information content (AvgIpc) is 2.59. The maximum absolute atomic E-state index is 12.4. The molecular formula is C19H23NO4. The van der Waals surface area contributed by atoms with E-state index in [0.717, 1.165) is 5.56 Å². The van der Waals surface area contributed by atoms with E-state index < -0.39 is 17.9 Å². The van der Waals surface area contributed by atoms with Crippen LogP contribution in [0.15, 0.2) is 53.9 Å². The summed E-state index contributed by atoms with van der Waals surface area (Å²) in [6, 6.07) is 9.39. The molecule has 0 aromatic heterocycles. The van der Waals surface area contributed by atoms with Gasteiger partial charge in [0, 0.05) is 17.9 Å². The number of methoxy groups -OCH3 is 2. The van der Waals surface area contributed by atoms with Gasteiger partial charge in [0.1, 0.15) is 0 Å². The minimum Gasteiger partial charge on any atom is -0.466 e. The van der Waals surface area contributed by atoms with Crippen molar-refractivity contribution < 1.29 is 19.1 Å². The fourth-order valence-corrected chi connectivity index (χ4v) is 2.62. The van der Waals surface area contributed by atoms with Crippen molar-refractivity contribution in [2.24, 2.45) is 0 Å². The lowest BCUT2D eigenvalue weighted by molar-refractivity contribution is -0.137. The number of benzene rings is 1. The number of hydrogen-bond donors (Lipinski definition) is 0. The van der Waals surface area contributed by atoms with Crippen LogP contribution >= 0.6 is 0 Å². The Bertz CT molecular complexity index is 649. The van der Waals surface area contributed by atoms with Crippen molar-refractivity contribution in [3.63, 3.8) is 0 Å². The number of nitrogens with zero attached hydrogens (tertiary/aromatic N) is 1. The topological polar surface area (TPSA) is 55.8 Å². The zero-order chi connectivity index (χ0) is 17.9. The van der Waals surface area contributed by atoms with Crippen molar-refractivity contribution in [3.8, 4) is 0 Å². The normalized spacial score (nSPS) is 15.5. The highest BCUT2D eigenvalue weighted by atomic mass is 16.5. The fourth-order valence-electron chi connectivity index (χ4n) is 2.62. The molecule has 0 saturated carbocycles.